The number of ether oxygens (including phenoxy) is 3. The molecule has 0 spiro atoms. The molecule has 0 fully saturated rings. The maximum absolute atomic E-state index is 11.5. The van der Waals surface area contributed by atoms with Gasteiger partial charge in [-0.25, -0.2) is 0 Å². The molecular formula is C15H23NO7. The monoisotopic (exact) mass is 329 g/mol. The van der Waals surface area contributed by atoms with Crippen molar-refractivity contribution in [2.24, 2.45) is 5.92 Å². The van der Waals surface area contributed by atoms with E-state index in [4.69, 9.17) is 23.8 Å². The predicted molar refractivity (Wildman–Crippen MR) is 79.3 cm³/mol. The van der Waals surface area contributed by atoms with Crippen LogP contribution in [0.3, 0.4) is 0 Å². The number of methoxy groups -OCH3 is 1. The minimum atomic E-state index is -0.838. The molecule has 0 radical (unpaired) electrons. The first-order chi connectivity index (χ1) is 11.0. The van der Waals surface area contributed by atoms with Gasteiger partial charge in [0, 0.05) is 25.0 Å². The van der Waals surface area contributed by atoms with Crippen LogP contribution in [0.2, 0.25) is 0 Å². The number of carboxylic acids is 1. The Balaban J connectivity index is 2.28. The normalized spacial score (nSPS) is 13.3. The molecule has 1 unspecified atom stereocenters. The highest BCUT2D eigenvalue weighted by Crippen LogP contribution is 2.27. The fourth-order valence-electron chi connectivity index (χ4n) is 1.82. The largest absolute Gasteiger partial charge is 0.481 e. The summed E-state index contributed by atoms with van der Waals surface area (Å²) < 4.78 is 20.5. The van der Waals surface area contributed by atoms with Gasteiger partial charge < -0.3 is 23.8 Å². The lowest BCUT2D eigenvalue weighted by Crippen LogP contribution is -2.18. The van der Waals surface area contributed by atoms with Crippen LogP contribution in [0.1, 0.15) is 38.4 Å². The zero-order chi connectivity index (χ0) is 17.2. The summed E-state index contributed by atoms with van der Waals surface area (Å²) >= 11 is 0. The zero-order valence-electron chi connectivity index (χ0n) is 13.6. The van der Waals surface area contributed by atoms with Gasteiger partial charge in [0.2, 0.25) is 0 Å². The number of carbonyl (C=O) groups is 2. The number of carbonyl (C=O) groups excluding carboxylic acids is 1. The molecule has 1 heterocycles. The van der Waals surface area contributed by atoms with Crippen molar-refractivity contribution in [1.29, 1.82) is 0 Å². The smallest absolute Gasteiger partial charge is 0.309 e. The lowest BCUT2D eigenvalue weighted by molar-refractivity contribution is -0.145. The Bertz CT molecular complexity index is 500. The van der Waals surface area contributed by atoms with E-state index in [1.54, 1.807) is 13.0 Å². The molecule has 23 heavy (non-hydrogen) atoms. The van der Waals surface area contributed by atoms with Crippen molar-refractivity contribution in [2.45, 2.75) is 32.6 Å². The second-order valence-electron chi connectivity index (χ2n) is 5.13. The van der Waals surface area contributed by atoms with E-state index in [-0.39, 0.29) is 30.8 Å². The Morgan fingerprint density at radius 2 is 2.04 bits per heavy atom. The molecule has 0 aliphatic heterocycles. The van der Waals surface area contributed by atoms with Crippen LogP contribution < -0.4 is 4.74 Å². The van der Waals surface area contributed by atoms with E-state index in [1.807, 2.05) is 6.92 Å². The first kappa shape index (κ1) is 19.0. The average Bonchev–Trinajstić information content (AvgIpc) is 3.00. The summed E-state index contributed by atoms with van der Waals surface area (Å²) in [7, 11) is 1.34. The number of aliphatic carboxylic acids is 1. The molecule has 0 aromatic carbocycles. The van der Waals surface area contributed by atoms with Crippen LogP contribution in [0, 0.1) is 5.92 Å². The Kier molecular flexibility index (Phi) is 8.10. The SMILES string of the molecule is COC(=O)[C@@H](C)C(C)c1cc(OCCOCCCC(=O)O)no1. The van der Waals surface area contributed by atoms with Gasteiger partial charge in [0.1, 0.15) is 12.4 Å². The number of hydrogen-bond acceptors (Lipinski definition) is 7. The van der Waals surface area contributed by atoms with Crippen LogP contribution in [0.25, 0.3) is 0 Å². The summed E-state index contributed by atoms with van der Waals surface area (Å²) in [5, 5.41) is 12.3. The van der Waals surface area contributed by atoms with Gasteiger partial charge >= 0.3 is 11.9 Å². The molecule has 0 bridgehead atoms. The van der Waals surface area contributed by atoms with E-state index in [0.717, 1.165) is 0 Å². The summed E-state index contributed by atoms with van der Waals surface area (Å²) in [4.78, 5) is 21.8. The van der Waals surface area contributed by atoms with Crippen molar-refractivity contribution in [1.82, 2.24) is 5.16 Å². The van der Waals surface area contributed by atoms with Crippen molar-refractivity contribution in [3.05, 3.63) is 11.8 Å². The zero-order valence-corrected chi connectivity index (χ0v) is 13.6. The number of nitrogens with zero attached hydrogens (tertiary/aromatic N) is 1. The second-order valence-corrected chi connectivity index (χ2v) is 5.13. The molecule has 0 aliphatic rings. The van der Waals surface area contributed by atoms with Crippen LogP contribution in [0.4, 0.5) is 0 Å². The van der Waals surface area contributed by atoms with Crippen molar-refractivity contribution in [3.63, 3.8) is 0 Å². The minimum absolute atomic E-state index is 0.0871. The average molecular weight is 329 g/mol. The van der Waals surface area contributed by atoms with Gasteiger partial charge in [-0.3, -0.25) is 9.59 Å². The molecule has 0 saturated carbocycles. The quantitative estimate of drug-likeness (QED) is 0.484. The van der Waals surface area contributed by atoms with E-state index < -0.39 is 5.97 Å². The first-order valence-corrected chi connectivity index (χ1v) is 7.42. The molecule has 8 nitrogen and oxygen atoms in total. The van der Waals surface area contributed by atoms with Crippen LogP contribution in [0.5, 0.6) is 5.88 Å². The number of aromatic nitrogens is 1. The molecule has 1 N–H and O–H groups in total. The Labute approximate surface area is 134 Å². The van der Waals surface area contributed by atoms with Crippen LogP contribution >= 0.6 is 0 Å². The summed E-state index contributed by atoms with van der Waals surface area (Å²) in [6.07, 6.45) is 0.552. The molecular weight excluding hydrogens is 306 g/mol. The highest BCUT2D eigenvalue weighted by Gasteiger charge is 2.25. The molecule has 0 saturated heterocycles. The number of carboxylic acid groups (broad SMARTS) is 1. The van der Waals surface area contributed by atoms with Crippen LogP contribution in [-0.2, 0) is 19.1 Å². The molecule has 1 rings (SSSR count). The summed E-state index contributed by atoms with van der Waals surface area (Å²) in [6, 6.07) is 1.63. The first-order valence-electron chi connectivity index (χ1n) is 7.42. The number of esters is 1. The molecule has 1 aromatic rings. The van der Waals surface area contributed by atoms with E-state index in [2.05, 4.69) is 5.16 Å². The van der Waals surface area contributed by atoms with Gasteiger partial charge in [0.05, 0.1) is 19.6 Å². The Morgan fingerprint density at radius 1 is 1.30 bits per heavy atom. The summed E-state index contributed by atoms with van der Waals surface area (Å²) in [5.74, 6) is -0.822. The van der Waals surface area contributed by atoms with Gasteiger partial charge in [-0.15, -0.1) is 0 Å². The van der Waals surface area contributed by atoms with Crippen LogP contribution in [0.15, 0.2) is 10.6 Å². The summed E-state index contributed by atoms with van der Waals surface area (Å²) in [6.45, 7) is 4.57. The maximum atomic E-state index is 11.5. The van der Waals surface area contributed by atoms with Gasteiger partial charge in [-0.05, 0) is 11.6 Å². The van der Waals surface area contributed by atoms with E-state index in [1.165, 1.54) is 7.11 Å². The van der Waals surface area contributed by atoms with Gasteiger partial charge in [0.15, 0.2) is 0 Å². The Hall–Kier alpha value is -2.09. The van der Waals surface area contributed by atoms with E-state index in [0.29, 0.717) is 31.3 Å². The number of rotatable bonds is 11. The molecule has 1 aromatic heterocycles. The lowest BCUT2D eigenvalue weighted by Gasteiger charge is -2.13. The standard InChI is InChI=1S/C15H23NO7/c1-10(11(2)15(19)20-3)12-9-13(16-23-12)22-8-7-21-6-4-5-14(17)18/h9-11H,4-8H2,1-3H3,(H,17,18)/t10?,11-/m0/s1. The van der Waals surface area contributed by atoms with Crippen molar-refractivity contribution >= 4 is 11.9 Å². The molecule has 0 amide bonds. The lowest BCUT2D eigenvalue weighted by atomic mass is 9.94. The second kappa shape index (κ2) is 9.83. The topological polar surface area (TPSA) is 108 Å². The van der Waals surface area contributed by atoms with E-state index >= 15 is 0 Å². The van der Waals surface area contributed by atoms with E-state index in [9.17, 15) is 9.59 Å². The van der Waals surface area contributed by atoms with Gasteiger partial charge in [0.25, 0.3) is 5.88 Å². The third-order valence-electron chi connectivity index (χ3n) is 3.44. The highest BCUT2D eigenvalue weighted by atomic mass is 16.6. The maximum Gasteiger partial charge on any atom is 0.309 e. The van der Waals surface area contributed by atoms with Crippen LogP contribution in [-0.4, -0.2) is 49.1 Å². The molecule has 8 heteroatoms. The summed E-state index contributed by atoms with van der Waals surface area (Å²) in [5.41, 5.74) is 0. The molecule has 0 aliphatic carbocycles. The predicted octanol–water partition coefficient (Wildman–Crippen LogP) is 1.85. The number of hydrogen-bond donors (Lipinski definition) is 1. The van der Waals surface area contributed by atoms with Crippen molar-refractivity contribution in [3.8, 4) is 5.88 Å². The molecule has 130 valence electrons. The minimum Gasteiger partial charge on any atom is -0.481 e. The third-order valence-corrected chi connectivity index (χ3v) is 3.44. The fraction of sp³-hybridized carbons (Fsp3) is 0.667. The Morgan fingerprint density at radius 3 is 2.70 bits per heavy atom. The highest BCUT2D eigenvalue weighted by molar-refractivity contribution is 5.72. The van der Waals surface area contributed by atoms with Crippen molar-refractivity contribution in [2.75, 3.05) is 26.9 Å². The third kappa shape index (κ3) is 6.68. The van der Waals surface area contributed by atoms with Gasteiger partial charge in [-0.1, -0.05) is 13.8 Å². The van der Waals surface area contributed by atoms with Gasteiger partial charge in [-0.2, -0.15) is 0 Å². The fourth-order valence-corrected chi connectivity index (χ4v) is 1.82. The molecule has 2 atom stereocenters. The van der Waals surface area contributed by atoms with Crippen molar-refractivity contribution < 1.29 is 33.4 Å².